The Kier molecular flexibility index (Phi) is 6.47. The van der Waals surface area contributed by atoms with Gasteiger partial charge < -0.3 is 14.9 Å². The summed E-state index contributed by atoms with van der Waals surface area (Å²) in [7, 11) is 5.92. The van der Waals surface area contributed by atoms with Gasteiger partial charge in [-0.1, -0.05) is 25.7 Å². The third kappa shape index (κ3) is 5.71. The van der Waals surface area contributed by atoms with Gasteiger partial charge >= 0.3 is 6.09 Å². The van der Waals surface area contributed by atoms with Crippen molar-refractivity contribution in [3.05, 3.63) is 0 Å². The molecule has 0 spiro atoms. The van der Waals surface area contributed by atoms with Gasteiger partial charge in [-0.3, -0.25) is 0 Å². The first kappa shape index (κ1) is 15.3. The molecule has 1 amide bonds. The van der Waals surface area contributed by atoms with Crippen LogP contribution in [-0.2, 0) is 0 Å². The highest BCUT2D eigenvalue weighted by Crippen LogP contribution is 2.32. The maximum atomic E-state index is 10.7. The molecule has 1 N–H and O–H groups in total. The van der Waals surface area contributed by atoms with Crippen LogP contribution in [0.15, 0.2) is 0 Å². The number of hydrogen-bond donors (Lipinski definition) is 1. The van der Waals surface area contributed by atoms with Crippen LogP contribution in [-0.4, -0.2) is 55.2 Å². The lowest BCUT2D eigenvalue weighted by molar-refractivity contribution is 0.149. The van der Waals surface area contributed by atoms with Crippen molar-refractivity contribution in [3.8, 4) is 0 Å². The van der Waals surface area contributed by atoms with Gasteiger partial charge in [0.15, 0.2) is 0 Å². The number of carboxylic acid groups (broad SMARTS) is 1. The fourth-order valence-electron chi connectivity index (χ4n) is 2.72. The molecule has 0 aromatic carbocycles. The normalized spacial score (nSPS) is 24.2. The molecule has 0 aromatic heterocycles. The Hall–Kier alpha value is -0.770. The predicted octanol–water partition coefficient (Wildman–Crippen LogP) is 2.74. The van der Waals surface area contributed by atoms with Gasteiger partial charge in [-0.05, 0) is 45.3 Å². The largest absolute Gasteiger partial charge is 0.465 e. The standard InChI is InChI=1S/C14H28N2O2/c1-15(2)10-8-12-4-6-13(7-5-12)9-11-16(3)14(17)18/h12-13H,4-11H2,1-3H3,(H,17,18). The Bertz CT molecular complexity index is 248. The molecule has 0 atom stereocenters. The van der Waals surface area contributed by atoms with Gasteiger partial charge in [0, 0.05) is 13.6 Å². The van der Waals surface area contributed by atoms with Gasteiger partial charge in [0.05, 0.1) is 0 Å². The highest BCUT2D eigenvalue weighted by Gasteiger charge is 2.21. The molecule has 1 fully saturated rings. The number of carbonyl (C=O) groups is 1. The van der Waals surface area contributed by atoms with Gasteiger partial charge in [0.2, 0.25) is 0 Å². The molecule has 0 radical (unpaired) electrons. The third-order valence-corrected chi connectivity index (χ3v) is 4.15. The average molecular weight is 256 g/mol. The lowest BCUT2D eigenvalue weighted by Crippen LogP contribution is -2.28. The van der Waals surface area contributed by atoms with Crippen molar-refractivity contribution in [1.82, 2.24) is 9.80 Å². The summed E-state index contributed by atoms with van der Waals surface area (Å²) in [6.45, 7) is 1.87. The monoisotopic (exact) mass is 256 g/mol. The molecule has 1 rings (SSSR count). The minimum absolute atomic E-state index is 0.683. The fraction of sp³-hybridized carbons (Fsp3) is 0.929. The first-order chi connectivity index (χ1) is 8.49. The lowest BCUT2D eigenvalue weighted by Gasteiger charge is -2.30. The van der Waals surface area contributed by atoms with Crippen LogP contribution < -0.4 is 0 Å². The molecule has 0 unspecified atom stereocenters. The molecular formula is C14H28N2O2. The van der Waals surface area contributed by atoms with Gasteiger partial charge in [-0.15, -0.1) is 0 Å². The van der Waals surface area contributed by atoms with E-state index < -0.39 is 6.09 Å². The zero-order chi connectivity index (χ0) is 13.5. The predicted molar refractivity (Wildman–Crippen MR) is 73.9 cm³/mol. The van der Waals surface area contributed by atoms with Gasteiger partial charge in [0.1, 0.15) is 0 Å². The molecule has 1 saturated carbocycles. The molecule has 0 aromatic rings. The average Bonchev–Trinajstić information content (AvgIpc) is 2.34. The summed E-state index contributed by atoms with van der Waals surface area (Å²) in [4.78, 5) is 14.4. The Balaban J connectivity index is 2.13. The summed E-state index contributed by atoms with van der Waals surface area (Å²) in [5.41, 5.74) is 0. The van der Waals surface area contributed by atoms with Gasteiger partial charge in [-0.2, -0.15) is 0 Å². The number of nitrogens with zero attached hydrogens (tertiary/aromatic N) is 2. The lowest BCUT2D eigenvalue weighted by atomic mass is 9.79. The summed E-state index contributed by atoms with van der Waals surface area (Å²) in [5.74, 6) is 1.63. The van der Waals surface area contributed by atoms with E-state index >= 15 is 0 Å². The van der Waals surface area contributed by atoms with Gasteiger partial charge in [0.25, 0.3) is 0 Å². The SMILES string of the molecule is CN(C)CCC1CCC(CCN(C)C(=O)O)CC1. The quantitative estimate of drug-likeness (QED) is 0.794. The first-order valence-electron chi connectivity index (χ1n) is 7.07. The van der Waals surface area contributed by atoms with Crippen molar-refractivity contribution in [2.75, 3.05) is 34.2 Å². The minimum Gasteiger partial charge on any atom is -0.465 e. The highest BCUT2D eigenvalue weighted by molar-refractivity contribution is 5.64. The van der Waals surface area contributed by atoms with Crippen LogP contribution in [0.4, 0.5) is 4.79 Å². The summed E-state index contributed by atoms with van der Waals surface area (Å²) in [6, 6.07) is 0. The van der Waals surface area contributed by atoms with E-state index in [0.29, 0.717) is 6.54 Å². The van der Waals surface area contributed by atoms with Crippen LogP contribution in [0.3, 0.4) is 0 Å². The van der Waals surface area contributed by atoms with Crippen LogP contribution >= 0.6 is 0 Å². The van der Waals surface area contributed by atoms with Crippen molar-refractivity contribution in [2.24, 2.45) is 11.8 Å². The van der Waals surface area contributed by atoms with Crippen LogP contribution in [0.25, 0.3) is 0 Å². The fourth-order valence-corrected chi connectivity index (χ4v) is 2.72. The Morgan fingerprint density at radius 2 is 1.44 bits per heavy atom. The maximum absolute atomic E-state index is 10.7. The van der Waals surface area contributed by atoms with E-state index in [1.165, 1.54) is 43.5 Å². The second-order valence-electron chi connectivity index (χ2n) is 5.97. The molecule has 0 aliphatic heterocycles. The Labute approximate surface area is 111 Å². The van der Waals surface area contributed by atoms with Crippen molar-refractivity contribution in [1.29, 1.82) is 0 Å². The molecule has 106 valence electrons. The molecule has 0 saturated heterocycles. The molecule has 4 heteroatoms. The van der Waals surface area contributed by atoms with Crippen LogP contribution in [0.5, 0.6) is 0 Å². The van der Waals surface area contributed by atoms with E-state index in [1.54, 1.807) is 7.05 Å². The number of hydrogen-bond acceptors (Lipinski definition) is 2. The van der Waals surface area contributed by atoms with E-state index in [-0.39, 0.29) is 0 Å². The van der Waals surface area contributed by atoms with Crippen molar-refractivity contribution < 1.29 is 9.90 Å². The second kappa shape index (κ2) is 7.62. The van der Waals surface area contributed by atoms with E-state index in [0.717, 1.165) is 18.3 Å². The summed E-state index contributed by atoms with van der Waals surface area (Å²) in [6.07, 6.45) is 6.76. The molecule has 0 heterocycles. The smallest absolute Gasteiger partial charge is 0.407 e. The molecular weight excluding hydrogens is 228 g/mol. The van der Waals surface area contributed by atoms with Crippen molar-refractivity contribution >= 4 is 6.09 Å². The van der Waals surface area contributed by atoms with Crippen molar-refractivity contribution in [2.45, 2.75) is 38.5 Å². The third-order valence-electron chi connectivity index (χ3n) is 4.15. The first-order valence-corrected chi connectivity index (χ1v) is 7.07. The molecule has 18 heavy (non-hydrogen) atoms. The van der Waals surface area contributed by atoms with E-state index in [1.807, 2.05) is 0 Å². The van der Waals surface area contributed by atoms with E-state index in [9.17, 15) is 4.79 Å². The Morgan fingerprint density at radius 3 is 1.83 bits per heavy atom. The zero-order valence-electron chi connectivity index (χ0n) is 12.1. The maximum Gasteiger partial charge on any atom is 0.407 e. The molecule has 1 aliphatic rings. The number of amides is 1. The summed E-state index contributed by atoms with van der Waals surface area (Å²) < 4.78 is 0. The number of rotatable bonds is 6. The van der Waals surface area contributed by atoms with Gasteiger partial charge in [-0.25, -0.2) is 4.79 Å². The summed E-state index contributed by atoms with van der Waals surface area (Å²) >= 11 is 0. The minimum atomic E-state index is -0.810. The van der Waals surface area contributed by atoms with E-state index in [2.05, 4.69) is 19.0 Å². The van der Waals surface area contributed by atoms with Crippen LogP contribution in [0.1, 0.15) is 38.5 Å². The summed E-state index contributed by atoms with van der Waals surface area (Å²) in [5, 5.41) is 8.80. The van der Waals surface area contributed by atoms with Crippen LogP contribution in [0, 0.1) is 11.8 Å². The topological polar surface area (TPSA) is 43.8 Å². The molecule has 4 nitrogen and oxygen atoms in total. The van der Waals surface area contributed by atoms with Crippen LogP contribution in [0.2, 0.25) is 0 Å². The zero-order valence-corrected chi connectivity index (χ0v) is 12.1. The molecule has 0 bridgehead atoms. The van der Waals surface area contributed by atoms with Crippen molar-refractivity contribution in [3.63, 3.8) is 0 Å². The second-order valence-corrected chi connectivity index (χ2v) is 5.97. The Morgan fingerprint density at radius 1 is 1.00 bits per heavy atom. The highest BCUT2D eigenvalue weighted by atomic mass is 16.4. The van der Waals surface area contributed by atoms with E-state index in [4.69, 9.17) is 5.11 Å². The molecule has 1 aliphatic carbocycles.